The summed E-state index contributed by atoms with van der Waals surface area (Å²) in [5.74, 6) is -1.65. The highest BCUT2D eigenvalue weighted by atomic mass is 32.2. The van der Waals surface area contributed by atoms with Crippen molar-refractivity contribution in [1.29, 1.82) is 0 Å². The normalized spacial score (nSPS) is 15.2. The molecule has 1 amide bonds. The minimum Gasteiger partial charge on any atom is -0.326 e. The zero-order valence-electron chi connectivity index (χ0n) is 21.1. The molecule has 2 N–H and O–H groups in total. The summed E-state index contributed by atoms with van der Waals surface area (Å²) in [4.78, 5) is 12.9. The third-order valence-electron chi connectivity index (χ3n) is 6.58. The third kappa shape index (κ3) is 6.58. The standard InChI is InChI=1S/C27H30FN3O5S2/c1-19-7-8-20(2)26(17-19)30-38(35,36)24-11-9-23(10-12-24)29-27(32)21-13-15-31(16-14-21)37(33,34)18-22-5-3-4-6-25(22)28/h3-12,17,21,30H,13-16,18H2,1-2H3,(H,29,32). The summed E-state index contributed by atoms with van der Waals surface area (Å²) >= 11 is 0. The topological polar surface area (TPSA) is 113 Å². The Hall–Kier alpha value is -3.28. The molecule has 4 rings (SSSR count). The van der Waals surface area contributed by atoms with Crippen molar-refractivity contribution >= 4 is 37.3 Å². The SMILES string of the molecule is Cc1ccc(C)c(NS(=O)(=O)c2ccc(NC(=O)C3CCN(S(=O)(=O)Cc4ccccc4F)CC3)cc2)c1. The number of benzene rings is 3. The number of amides is 1. The fourth-order valence-electron chi connectivity index (χ4n) is 4.31. The highest BCUT2D eigenvalue weighted by Crippen LogP contribution is 2.25. The van der Waals surface area contributed by atoms with E-state index in [9.17, 15) is 26.0 Å². The van der Waals surface area contributed by atoms with E-state index in [0.29, 0.717) is 24.2 Å². The number of hydrogen-bond acceptors (Lipinski definition) is 5. The van der Waals surface area contributed by atoms with Gasteiger partial charge in [0.2, 0.25) is 15.9 Å². The number of anilines is 2. The van der Waals surface area contributed by atoms with Crippen LogP contribution in [-0.2, 0) is 30.6 Å². The quantitative estimate of drug-likeness (QED) is 0.424. The number of halogens is 1. The molecule has 202 valence electrons. The fraction of sp³-hybridized carbons (Fsp3) is 0.296. The van der Waals surface area contributed by atoms with E-state index in [4.69, 9.17) is 0 Å². The molecular formula is C27H30FN3O5S2. The average molecular weight is 560 g/mol. The van der Waals surface area contributed by atoms with E-state index in [-0.39, 0.29) is 29.5 Å². The van der Waals surface area contributed by atoms with Gasteiger partial charge < -0.3 is 5.32 Å². The van der Waals surface area contributed by atoms with Crippen molar-refractivity contribution in [3.8, 4) is 0 Å². The summed E-state index contributed by atoms with van der Waals surface area (Å²) in [7, 11) is -7.53. The first-order chi connectivity index (χ1) is 17.9. The van der Waals surface area contributed by atoms with Crippen LogP contribution in [0.1, 0.15) is 29.5 Å². The molecule has 1 aliphatic heterocycles. The first-order valence-electron chi connectivity index (χ1n) is 12.2. The molecule has 0 atom stereocenters. The largest absolute Gasteiger partial charge is 0.326 e. The molecule has 0 unspecified atom stereocenters. The van der Waals surface area contributed by atoms with Crippen LogP contribution in [0.2, 0.25) is 0 Å². The Morgan fingerprint density at radius 3 is 2.26 bits per heavy atom. The lowest BCUT2D eigenvalue weighted by molar-refractivity contribution is -0.120. The maximum atomic E-state index is 13.9. The molecule has 3 aromatic carbocycles. The van der Waals surface area contributed by atoms with Crippen molar-refractivity contribution in [2.75, 3.05) is 23.1 Å². The van der Waals surface area contributed by atoms with Crippen LogP contribution in [0, 0.1) is 25.6 Å². The molecule has 1 aliphatic rings. The van der Waals surface area contributed by atoms with Crippen LogP contribution in [0.15, 0.2) is 71.6 Å². The molecule has 1 fully saturated rings. The summed E-state index contributed by atoms with van der Waals surface area (Å²) < 4.78 is 68.9. The number of aryl methyl sites for hydroxylation is 2. The summed E-state index contributed by atoms with van der Waals surface area (Å²) in [6.07, 6.45) is 0.656. The molecule has 8 nitrogen and oxygen atoms in total. The lowest BCUT2D eigenvalue weighted by Gasteiger charge is -2.30. The first kappa shape index (κ1) is 27.7. The van der Waals surface area contributed by atoms with Gasteiger partial charge in [0.25, 0.3) is 10.0 Å². The van der Waals surface area contributed by atoms with Crippen LogP contribution < -0.4 is 10.0 Å². The van der Waals surface area contributed by atoms with Crippen LogP contribution in [0.5, 0.6) is 0 Å². The van der Waals surface area contributed by atoms with Gasteiger partial charge in [-0.25, -0.2) is 25.5 Å². The van der Waals surface area contributed by atoms with E-state index in [0.717, 1.165) is 11.1 Å². The van der Waals surface area contributed by atoms with E-state index in [1.165, 1.54) is 46.8 Å². The second-order valence-corrected chi connectivity index (χ2v) is 13.1. The Bertz CT molecular complexity index is 1530. The summed E-state index contributed by atoms with van der Waals surface area (Å²) in [6, 6.07) is 17.1. The van der Waals surface area contributed by atoms with E-state index in [2.05, 4.69) is 10.0 Å². The van der Waals surface area contributed by atoms with Crippen molar-refractivity contribution in [2.45, 2.75) is 37.3 Å². The van der Waals surface area contributed by atoms with E-state index in [1.54, 1.807) is 12.1 Å². The molecule has 0 spiro atoms. The van der Waals surface area contributed by atoms with Gasteiger partial charge >= 0.3 is 0 Å². The van der Waals surface area contributed by atoms with Crippen molar-refractivity contribution < 1.29 is 26.0 Å². The predicted molar refractivity (Wildman–Crippen MR) is 145 cm³/mol. The van der Waals surface area contributed by atoms with E-state index in [1.807, 2.05) is 26.0 Å². The number of hydrogen-bond donors (Lipinski definition) is 2. The number of nitrogens with one attached hydrogen (secondary N) is 2. The zero-order chi connectivity index (χ0) is 27.5. The molecule has 0 bridgehead atoms. The van der Waals surface area contributed by atoms with Crippen molar-refractivity contribution in [3.05, 3.63) is 89.2 Å². The van der Waals surface area contributed by atoms with Crippen molar-refractivity contribution in [2.24, 2.45) is 5.92 Å². The van der Waals surface area contributed by atoms with E-state index < -0.39 is 37.5 Å². The lowest BCUT2D eigenvalue weighted by atomic mass is 9.97. The van der Waals surface area contributed by atoms with Gasteiger partial charge in [-0.15, -0.1) is 0 Å². The smallest absolute Gasteiger partial charge is 0.261 e. The maximum absolute atomic E-state index is 13.9. The minimum absolute atomic E-state index is 0.0600. The number of carbonyl (C=O) groups excluding carboxylic acids is 1. The summed E-state index contributed by atoms with van der Waals surface area (Å²) in [5.41, 5.74) is 2.79. The van der Waals surface area contributed by atoms with E-state index >= 15 is 0 Å². The predicted octanol–water partition coefficient (Wildman–Crippen LogP) is 4.42. The Morgan fingerprint density at radius 2 is 1.61 bits per heavy atom. The van der Waals surface area contributed by atoms with Gasteiger partial charge in [-0.1, -0.05) is 30.3 Å². The van der Waals surface area contributed by atoms with Gasteiger partial charge in [-0.3, -0.25) is 9.52 Å². The van der Waals surface area contributed by atoms with Gasteiger partial charge in [0.1, 0.15) is 5.82 Å². The highest BCUT2D eigenvalue weighted by molar-refractivity contribution is 7.92. The highest BCUT2D eigenvalue weighted by Gasteiger charge is 2.31. The molecular weight excluding hydrogens is 529 g/mol. The number of rotatable bonds is 8. The minimum atomic E-state index is -3.81. The van der Waals surface area contributed by atoms with Gasteiger partial charge in [-0.05, 0) is 74.2 Å². The second kappa shape index (κ2) is 11.2. The molecule has 11 heteroatoms. The van der Waals surface area contributed by atoms with Crippen LogP contribution in [-0.4, -0.2) is 40.1 Å². The molecule has 1 saturated heterocycles. The number of sulfonamides is 2. The Balaban J connectivity index is 1.33. The van der Waals surface area contributed by atoms with Crippen LogP contribution in [0.3, 0.4) is 0 Å². The van der Waals surface area contributed by atoms with Gasteiger partial charge in [0, 0.05) is 30.3 Å². The van der Waals surface area contributed by atoms with Crippen molar-refractivity contribution in [1.82, 2.24) is 4.31 Å². The fourth-order valence-corrected chi connectivity index (χ4v) is 7.01. The molecule has 0 aromatic heterocycles. The number of carbonyl (C=O) groups is 1. The molecule has 3 aromatic rings. The average Bonchev–Trinajstić information content (AvgIpc) is 2.88. The van der Waals surface area contributed by atoms with Gasteiger partial charge in [0.15, 0.2) is 0 Å². The van der Waals surface area contributed by atoms with Crippen LogP contribution in [0.25, 0.3) is 0 Å². The van der Waals surface area contributed by atoms with Crippen LogP contribution >= 0.6 is 0 Å². The van der Waals surface area contributed by atoms with Crippen LogP contribution in [0.4, 0.5) is 15.8 Å². The Morgan fingerprint density at radius 1 is 0.947 bits per heavy atom. The Kier molecular flexibility index (Phi) is 8.19. The number of nitrogens with zero attached hydrogens (tertiary/aromatic N) is 1. The zero-order valence-corrected chi connectivity index (χ0v) is 22.8. The van der Waals surface area contributed by atoms with Crippen molar-refractivity contribution in [3.63, 3.8) is 0 Å². The lowest BCUT2D eigenvalue weighted by Crippen LogP contribution is -2.42. The van der Waals surface area contributed by atoms with Gasteiger partial charge in [-0.2, -0.15) is 0 Å². The maximum Gasteiger partial charge on any atom is 0.261 e. The monoisotopic (exact) mass is 559 g/mol. The molecule has 38 heavy (non-hydrogen) atoms. The van der Waals surface area contributed by atoms with Gasteiger partial charge in [0.05, 0.1) is 16.3 Å². The third-order valence-corrected chi connectivity index (χ3v) is 9.79. The Labute approximate surface area is 223 Å². The molecule has 1 heterocycles. The number of piperidine rings is 1. The second-order valence-electron chi connectivity index (χ2n) is 9.46. The molecule has 0 saturated carbocycles. The summed E-state index contributed by atoms with van der Waals surface area (Å²) in [5, 5.41) is 2.79. The summed E-state index contributed by atoms with van der Waals surface area (Å²) in [6.45, 7) is 4.02. The molecule has 0 aliphatic carbocycles. The first-order valence-corrected chi connectivity index (χ1v) is 15.3. The molecule has 0 radical (unpaired) electrons.